The van der Waals surface area contributed by atoms with Gasteiger partial charge < -0.3 is 10.1 Å². The zero-order valence-corrected chi connectivity index (χ0v) is 9.40. The van der Waals surface area contributed by atoms with E-state index < -0.39 is 11.9 Å². The van der Waals surface area contributed by atoms with Crippen molar-refractivity contribution in [2.75, 3.05) is 11.9 Å². The summed E-state index contributed by atoms with van der Waals surface area (Å²) in [4.78, 5) is 22.4. The van der Waals surface area contributed by atoms with Gasteiger partial charge in [-0.15, -0.1) is 0 Å². The molecule has 1 aromatic carbocycles. The van der Waals surface area contributed by atoms with Crippen LogP contribution >= 0.6 is 0 Å². The lowest BCUT2D eigenvalue weighted by atomic mass is 10.2. The minimum atomic E-state index is -0.557. The van der Waals surface area contributed by atoms with E-state index in [4.69, 9.17) is 5.26 Å². The van der Waals surface area contributed by atoms with Gasteiger partial charge in [-0.25, -0.2) is 0 Å². The number of esters is 1. The van der Waals surface area contributed by atoms with E-state index in [9.17, 15) is 9.59 Å². The molecule has 0 saturated carbocycles. The molecule has 5 nitrogen and oxygen atoms in total. The van der Waals surface area contributed by atoms with Crippen LogP contribution in [-0.2, 0) is 14.3 Å². The number of carbonyl (C=O) groups excluding carboxylic acids is 2. The molecule has 0 aromatic heterocycles. The van der Waals surface area contributed by atoms with Crippen LogP contribution in [0.15, 0.2) is 24.3 Å². The monoisotopic (exact) mass is 232 g/mol. The maximum Gasteiger partial charge on any atom is 0.315 e. The molecule has 0 radical (unpaired) electrons. The topological polar surface area (TPSA) is 79.2 Å². The molecule has 5 heteroatoms. The number of nitrogens with one attached hydrogen (secondary N) is 1. The van der Waals surface area contributed by atoms with E-state index in [2.05, 4.69) is 10.1 Å². The first-order valence-electron chi connectivity index (χ1n) is 5.11. The highest BCUT2D eigenvalue weighted by Gasteiger charge is 2.09. The van der Waals surface area contributed by atoms with E-state index in [1.54, 1.807) is 31.2 Å². The molecule has 1 amide bonds. The van der Waals surface area contributed by atoms with Gasteiger partial charge in [0.25, 0.3) is 0 Å². The number of anilines is 1. The Kier molecular flexibility index (Phi) is 4.70. The van der Waals surface area contributed by atoms with Crippen molar-refractivity contribution in [2.45, 2.75) is 13.3 Å². The molecule has 1 N–H and O–H groups in total. The van der Waals surface area contributed by atoms with E-state index >= 15 is 0 Å². The van der Waals surface area contributed by atoms with Crippen LogP contribution in [0, 0.1) is 11.3 Å². The second-order valence-corrected chi connectivity index (χ2v) is 3.22. The molecule has 0 fully saturated rings. The lowest BCUT2D eigenvalue weighted by molar-refractivity contribution is -0.145. The van der Waals surface area contributed by atoms with Gasteiger partial charge in [0.1, 0.15) is 6.42 Å². The third-order valence-corrected chi connectivity index (χ3v) is 1.91. The van der Waals surface area contributed by atoms with Gasteiger partial charge in [-0.3, -0.25) is 9.59 Å². The third-order valence-electron chi connectivity index (χ3n) is 1.91. The van der Waals surface area contributed by atoms with Crippen LogP contribution in [0.4, 0.5) is 5.69 Å². The van der Waals surface area contributed by atoms with E-state index in [1.165, 1.54) is 0 Å². The SMILES string of the molecule is CCOC(=O)CC(=O)Nc1ccc(C#N)cc1. The summed E-state index contributed by atoms with van der Waals surface area (Å²) < 4.78 is 4.64. The van der Waals surface area contributed by atoms with Gasteiger partial charge in [0.05, 0.1) is 18.2 Å². The molecule has 0 spiro atoms. The van der Waals surface area contributed by atoms with E-state index in [1.807, 2.05) is 6.07 Å². The maximum atomic E-state index is 11.4. The van der Waals surface area contributed by atoms with Crippen molar-refractivity contribution < 1.29 is 14.3 Å². The van der Waals surface area contributed by atoms with Gasteiger partial charge in [-0.05, 0) is 31.2 Å². The quantitative estimate of drug-likeness (QED) is 0.629. The van der Waals surface area contributed by atoms with Crippen molar-refractivity contribution in [3.63, 3.8) is 0 Å². The molecule has 0 atom stereocenters. The Hall–Kier alpha value is -2.35. The van der Waals surface area contributed by atoms with Gasteiger partial charge in [0.15, 0.2) is 0 Å². The van der Waals surface area contributed by atoms with Crippen LogP contribution in [0.1, 0.15) is 18.9 Å². The number of nitriles is 1. The summed E-state index contributed by atoms with van der Waals surface area (Å²) in [5.74, 6) is -0.994. The Morgan fingerprint density at radius 3 is 2.53 bits per heavy atom. The zero-order chi connectivity index (χ0) is 12.7. The number of hydrogen-bond acceptors (Lipinski definition) is 4. The molecule has 0 aliphatic carbocycles. The van der Waals surface area contributed by atoms with Crippen LogP contribution in [0.25, 0.3) is 0 Å². The predicted octanol–water partition coefficient (Wildman–Crippen LogP) is 1.45. The maximum absolute atomic E-state index is 11.4. The number of ether oxygens (including phenoxy) is 1. The molecular weight excluding hydrogens is 220 g/mol. The highest BCUT2D eigenvalue weighted by atomic mass is 16.5. The Labute approximate surface area is 99.0 Å². The average molecular weight is 232 g/mol. The normalized spacial score (nSPS) is 9.18. The number of rotatable bonds is 4. The summed E-state index contributed by atoms with van der Waals surface area (Å²) in [6.45, 7) is 1.93. The Bertz CT molecular complexity index is 446. The highest BCUT2D eigenvalue weighted by molar-refractivity contribution is 6.01. The molecule has 0 saturated heterocycles. The first-order chi connectivity index (χ1) is 8.15. The van der Waals surface area contributed by atoms with E-state index in [0.717, 1.165) is 0 Å². The van der Waals surface area contributed by atoms with Crippen LogP contribution < -0.4 is 5.32 Å². The summed E-state index contributed by atoms with van der Waals surface area (Å²) in [7, 11) is 0. The molecular formula is C12H12N2O3. The predicted molar refractivity (Wildman–Crippen MR) is 61.0 cm³/mol. The molecule has 0 aliphatic rings. The summed E-state index contributed by atoms with van der Waals surface area (Å²) in [5.41, 5.74) is 1.05. The van der Waals surface area contributed by atoms with Gasteiger partial charge in [0.2, 0.25) is 5.91 Å². The van der Waals surface area contributed by atoms with Gasteiger partial charge in [-0.2, -0.15) is 5.26 Å². The number of amides is 1. The smallest absolute Gasteiger partial charge is 0.315 e. The van der Waals surface area contributed by atoms with Crippen molar-refractivity contribution in [3.8, 4) is 6.07 Å². The fraction of sp³-hybridized carbons (Fsp3) is 0.250. The van der Waals surface area contributed by atoms with Crippen molar-refractivity contribution in [2.24, 2.45) is 0 Å². The molecule has 0 aliphatic heterocycles. The highest BCUT2D eigenvalue weighted by Crippen LogP contribution is 2.09. The Balaban J connectivity index is 2.51. The first-order valence-corrected chi connectivity index (χ1v) is 5.11. The minimum Gasteiger partial charge on any atom is -0.466 e. The number of nitrogens with zero attached hydrogens (tertiary/aromatic N) is 1. The molecule has 1 rings (SSSR count). The lowest BCUT2D eigenvalue weighted by Gasteiger charge is -2.04. The largest absolute Gasteiger partial charge is 0.466 e. The lowest BCUT2D eigenvalue weighted by Crippen LogP contribution is -2.18. The molecule has 88 valence electrons. The molecule has 0 bridgehead atoms. The minimum absolute atomic E-state index is 0.253. The number of hydrogen-bond donors (Lipinski definition) is 1. The van der Waals surface area contributed by atoms with Crippen molar-refractivity contribution in [3.05, 3.63) is 29.8 Å². The number of carbonyl (C=O) groups is 2. The molecule has 0 unspecified atom stereocenters. The fourth-order valence-electron chi connectivity index (χ4n) is 1.18. The van der Waals surface area contributed by atoms with Crippen molar-refractivity contribution >= 4 is 17.6 Å². The Morgan fingerprint density at radius 1 is 1.35 bits per heavy atom. The Morgan fingerprint density at radius 2 is 2.00 bits per heavy atom. The molecule has 1 aromatic rings. The van der Waals surface area contributed by atoms with Crippen molar-refractivity contribution in [1.29, 1.82) is 5.26 Å². The first kappa shape index (κ1) is 12.7. The van der Waals surface area contributed by atoms with E-state index in [0.29, 0.717) is 11.3 Å². The van der Waals surface area contributed by atoms with Crippen LogP contribution in [-0.4, -0.2) is 18.5 Å². The van der Waals surface area contributed by atoms with Crippen LogP contribution in [0.2, 0.25) is 0 Å². The zero-order valence-electron chi connectivity index (χ0n) is 9.40. The van der Waals surface area contributed by atoms with Crippen LogP contribution in [0.3, 0.4) is 0 Å². The van der Waals surface area contributed by atoms with E-state index in [-0.39, 0.29) is 13.0 Å². The summed E-state index contributed by atoms with van der Waals surface area (Å²) in [6, 6.07) is 8.33. The second-order valence-electron chi connectivity index (χ2n) is 3.22. The van der Waals surface area contributed by atoms with Gasteiger partial charge in [-0.1, -0.05) is 0 Å². The molecule has 0 heterocycles. The van der Waals surface area contributed by atoms with Crippen molar-refractivity contribution in [1.82, 2.24) is 0 Å². The second kappa shape index (κ2) is 6.28. The number of benzene rings is 1. The third kappa shape index (κ3) is 4.34. The fourth-order valence-corrected chi connectivity index (χ4v) is 1.18. The van der Waals surface area contributed by atoms with Gasteiger partial charge >= 0.3 is 5.97 Å². The summed E-state index contributed by atoms with van der Waals surface area (Å²) in [6.07, 6.45) is -0.312. The average Bonchev–Trinajstić information content (AvgIpc) is 2.30. The molecule has 17 heavy (non-hydrogen) atoms. The van der Waals surface area contributed by atoms with Gasteiger partial charge in [0, 0.05) is 5.69 Å². The van der Waals surface area contributed by atoms with Crippen LogP contribution in [0.5, 0.6) is 0 Å². The summed E-state index contributed by atoms with van der Waals surface area (Å²) in [5, 5.41) is 11.1. The summed E-state index contributed by atoms with van der Waals surface area (Å²) >= 11 is 0. The standard InChI is InChI=1S/C12H12N2O3/c1-2-17-12(16)7-11(15)14-10-5-3-9(8-13)4-6-10/h3-6H,2,7H2,1H3,(H,14,15).